The highest BCUT2D eigenvalue weighted by atomic mass is 32.1. The number of aryl methyl sites for hydroxylation is 1. The highest BCUT2D eigenvalue weighted by molar-refractivity contribution is 7.14. The number of benzene rings is 1. The minimum absolute atomic E-state index is 0.0556. The molecule has 7 heteroatoms. The molecule has 0 spiro atoms. The van der Waals surface area contributed by atoms with Crippen LogP contribution in [0.4, 0.5) is 0 Å². The summed E-state index contributed by atoms with van der Waals surface area (Å²) in [5.74, 6) is 1.63. The van der Waals surface area contributed by atoms with Crippen LogP contribution >= 0.6 is 11.3 Å². The maximum absolute atomic E-state index is 12.4. The van der Waals surface area contributed by atoms with Crippen molar-refractivity contribution in [2.75, 3.05) is 7.11 Å². The number of hydrogen-bond donors (Lipinski definition) is 0. The Labute approximate surface area is 161 Å². The number of aromatic nitrogens is 2. The summed E-state index contributed by atoms with van der Waals surface area (Å²) in [5.41, 5.74) is 2.00. The molecule has 0 fully saturated rings. The third kappa shape index (κ3) is 3.73. The summed E-state index contributed by atoms with van der Waals surface area (Å²) in [5, 5.41) is 3.95. The van der Waals surface area contributed by atoms with Crippen LogP contribution in [-0.2, 0) is 24.2 Å². The summed E-state index contributed by atoms with van der Waals surface area (Å²) in [6.07, 6.45) is 3.25. The van der Waals surface area contributed by atoms with Crippen molar-refractivity contribution in [1.29, 1.82) is 0 Å². The molecule has 27 heavy (non-hydrogen) atoms. The van der Waals surface area contributed by atoms with Crippen LogP contribution in [0.25, 0.3) is 11.4 Å². The molecule has 1 aliphatic carbocycles. The lowest BCUT2D eigenvalue weighted by molar-refractivity contribution is 0.0435. The molecule has 6 nitrogen and oxygen atoms in total. The molecule has 2 heterocycles. The van der Waals surface area contributed by atoms with Gasteiger partial charge in [0.15, 0.2) is 6.61 Å². The number of para-hydroxylation sites is 1. The smallest absolute Gasteiger partial charge is 0.348 e. The molecule has 0 amide bonds. The monoisotopic (exact) mass is 384 g/mol. The van der Waals surface area contributed by atoms with Crippen molar-refractivity contribution >= 4 is 17.3 Å². The topological polar surface area (TPSA) is 74.5 Å². The second kappa shape index (κ2) is 7.52. The van der Waals surface area contributed by atoms with E-state index in [0.29, 0.717) is 22.4 Å². The molecule has 0 bridgehead atoms. The van der Waals surface area contributed by atoms with Crippen LogP contribution in [0.5, 0.6) is 5.75 Å². The maximum Gasteiger partial charge on any atom is 0.348 e. The van der Waals surface area contributed by atoms with Crippen molar-refractivity contribution in [2.24, 2.45) is 5.92 Å². The summed E-state index contributed by atoms with van der Waals surface area (Å²) < 4.78 is 15.9. The zero-order chi connectivity index (χ0) is 18.8. The molecule has 2 aromatic heterocycles. The van der Waals surface area contributed by atoms with E-state index in [9.17, 15) is 4.79 Å². The number of methoxy groups -OCH3 is 1. The first-order valence-corrected chi connectivity index (χ1v) is 9.70. The molecule has 1 aromatic carbocycles. The number of ether oxygens (including phenoxy) is 2. The van der Waals surface area contributed by atoms with Gasteiger partial charge in [0.25, 0.3) is 5.89 Å². The Morgan fingerprint density at radius 1 is 1.37 bits per heavy atom. The largest absolute Gasteiger partial charge is 0.496 e. The second-order valence-corrected chi connectivity index (χ2v) is 7.83. The lowest BCUT2D eigenvalue weighted by Gasteiger charge is -2.16. The van der Waals surface area contributed by atoms with E-state index in [1.54, 1.807) is 7.11 Å². The number of fused-ring (bicyclic) bond motifs is 1. The molecule has 0 saturated carbocycles. The summed E-state index contributed by atoms with van der Waals surface area (Å²) >= 11 is 1.53. The molecular weight excluding hydrogens is 364 g/mol. The summed E-state index contributed by atoms with van der Waals surface area (Å²) in [7, 11) is 1.59. The van der Waals surface area contributed by atoms with Crippen molar-refractivity contribution < 1.29 is 18.8 Å². The number of hydrogen-bond acceptors (Lipinski definition) is 7. The van der Waals surface area contributed by atoms with Gasteiger partial charge in [-0.3, -0.25) is 0 Å². The summed E-state index contributed by atoms with van der Waals surface area (Å²) in [6, 6.07) is 9.37. The number of rotatable bonds is 5. The predicted octanol–water partition coefficient (Wildman–Crippen LogP) is 4.29. The molecule has 1 atom stereocenters. The average Bonchev–Trinajstić information content (AvgIpc) is 3.32. The number of thiophene rings is 1. The zero-order valence-electron chi connectivity index (χ0n) is 15.2. The molecule has 0 unspecified atom stereocenters. The Balaban J connectivity index is 1.42. The minimum Gasteiger partial charge on any atom is -0.496 e. The SMILES string of the molecule is COc1ccccc1-c1noc(COC(=O)c2cc3c(s2)CC[C@@H](C)C3)n1. The van der Waals surface area contributed by atoms with Crippen LogP contribution < -0.4 is 4.74 Å². The van der Waals surface area contributed by atoms with E-state index in [0.717, 1.165) is 18.4 Å². The van der Waals surface area contributed by atoms with Crippen molar-refractivity contribution in [2.45, 2.75) is 32.8 Å². The Morgan fingerprint density at radius 2 is 2.22 bits per heavy atom. The molecule has 0 aliphatic heterocycles. The van der Waals surface area contributed by atoms with Crippen LogP contribution in [0.2, 0.25) is 0 Å². The first-order chi connectivity index (χ1) is 13.1. The second-order valence-electron chi connectivity index (χ2n) is 6.70. The maximum atomic E-state index is 12.4. The highest BCUT2D eigenvalue weighted by Gasteiger charge is 2.22. The van der Waals surface area contributed by atoms with E-state index in [1.807, 2.05) is 30.3 Å². The van der Waals surface area contributed by atoms with Crippen molar-refractivity contribution in [1.82, 2.24) is 10.1 Å². The average molecular weight is 384 g/mol. The zero-order valence-corrected chi connectivity index (χ0v) is 16.0. The van der Waals surface area contributed by atoms with Crippen LogP contribution in [0, 0.1) is 5.92 Å². The normalized spacial score (nSPS) is 16.0. The van der Waals surface area contributed by atoms with E-state index >= 15 is 0 Å². The molecule has 140 valence electrons. The number of nitrogens with zero attached hydrogens (tertiary/aromatic N) is 2. The van der Waals surface area contributed by atoms with Gasteiger partial charge in [-0.15, -0.1) is 11.3 Å². The fraction of sp³-hybridized carbons (Fsp3) is 0.350. The van der Waals surface area contributed by atoms with E-state index < -0.39 is 0 Å². The van der Waals surface area contributed by atoms with Crippen LogP contribution in [0.3, 0.4) is 0 Å². The molecule has 4 rings (SSSR count). The van der Waals surface area contributed by atoms with Crippen LogP contribution in [0.1, 0.15) is 39.3 Å². The van der Waals surface area contributed by atoms with E-state index in [4.69, 9.17) is 14.0 Å². The number of carbonyl (C=O) groups is 1. The molecule has 0 radical (unpaired) electrons. The Hall–Kier alpha value is -2.67. The molecule has 1 aliphatic rings. The minimum atomic E-state index is -0.348. The van der Waals surface area contributed by atoms with Gasteiger partial charge in [0.2, 0.25) is 5.82 Å². The van der Waals surface area contributed by atoms with Gasteiger partial charge in [-0.25, -0.2) is 4.79 Å². The van der Waals surface area contributed by atoms with E-state index in [1.165, 1.54) is 28.2 Å². The van der Waals surface area contributed by atoms with Crippen LogP contribution in [0.15, 0.2) is 34.9 Å². The summed E-state index contributed by atoms with van der Waals surface area (Å²) in [6.45, 7) is 2.19. The molecule has 0 N–H and O–H groups in total. The van der Waals surface area contributed by atoms with Gasteiger partial charge >= 0.3 is 5.97 Å². The number of carbonyl (C=O) groups excluding carboxylic acids is 1. The Morgan fingerprint density at radius 3 is 3.07 bits per heavy atom. The molecule has 3 aromatic rings. The van der Waals surface area contributed by atoms with Crippen LogP contribution in [-0.4, -0.2) is 23.2 Å². The van der Waals surface area contributed by atoms with Gasteiger partial charge in [-0.1, -0.05) is 24.2 Å². The lowest BCUT2D eigenvalue weighted by Crippen LogP contribution is -2.08. The van der Waals surface area contributed by atoms with Gasteiger partial charge in [0.1, 0.15) is 10.6 Å². The molecule has 0 saturated heterocycles. The van der Waals surface area contributed by atoms with Crippen molar-refractivity contribution in [3.63, 3.8) is 0 Å². The fourth-order valence-electron chi connectivity index (χ4n) is 3.26. The van der Waals surface area contributed by atoms with Gasteiger partial charge in [0, 0.05) is 4.88 Å². The quantitative estimate of drug-likeness (QED) is 0.611. The van der Waals surface area contributed by atoms with Crippen molar-refractivity contribution in [3.8, 4) is 17.1 Å². The number of esters is 1. The Kier molecular flexibility index (Phi) is 4.94. The standard InChI is InChI=1S/C20H20N2O4S/c1-12-7-8-16-13(9-12)10-17(27-16)20(23)25-11-18-21-19(22-26-18)14-5-3-4-6-15(14)24-2/h3-6,10,12H,7-9,11H2,1-2H3/t12-/m1/s1. The molecular formula is C20H20N2O4S. The third-order valence-corrected chi connectivity index (χ3v) is 5.89. The van der Waals surface area contributed by atoms with Crippen molar-refractivity contribution in [3.05, 3.63) is 51.5 Å². The summed E-state index contributed by atoms with van der Waals surface area (Å²) in [4.78, 5) is 18.6. The fourth-order valence-corrected chi connectivity index (χ4v) is 4.36. The van der Waals surface area contributed by atoms with Gasteiger partial charge in [-0.05, 0) is 48.9 Å². The van der Waals surface area contributed by atoms with E-state index in [2.05, 4.69) is 17.1 Å². The predicted molar refractivity (Wildman–Crippen MR) is 101 cm³/mol. The van der Waals surface area contributed by atoms with Gasteiger partial charge in [-0.2, -0.15) is 4.98 Å². The Bertz CT molecular complexity index is 963. The first kappa shape index (κ1) is 17.7. The van der Waals surface area contributed by atoms with E-state index in [-0.39, 0.29) is 18.5 Å². The van der Waals surface area contributed by atoms with Gasteiger partial charge < -0.3 is 14.0 Å². The van der Waals surface area contributed by atoms with Gasteiger partial charge in [0.05, 0.1) is 12.7 Å². The highest BCUT2D eigenvalue weighted by Crippen LogP contribution is 2.32. The third-order valence-electron chi connectivity index (χ3n) is 4.67. The first-order valence-electron chi connectivity index (χ1n) is 8.88. The lowest BCUT2D eigenvalue weighted by atomic mass is 9.90.